The monoisotopic (exact) mass is 317 g/mol. The molecule has 0 amide bonds. The minimum Gasteiger partial charge on any atom is -0.310 e. The standard InChI is InChI=1S/C15H16BrN3/c16-10-13-17-18-14(19(13)12-6-7-12)15(8-9-15)11-4-2-1-3-5-11/h1-5,12H,6-10H2. The Balaban J connectivity index is 1.83. The van der Waals surface area contributed by atoms with Crippen molar-refractivity contribution >= 4 is 15.9 Å². The van der Waals surface area contributed by atoms with Crippen molar-refractivity contribution < 1.29 is 0 Å². The molecule has 0 saturated heterocycles. The van der Waals surface area contributed by atoms with Gasteiger partial charge < -0.3 is 4.57 Å². The van der Waals surface area contributed by atoms with Gasteiger partial charge in [0.1, 0.15) is 11.6 Å². The van der Waals surface area contributed by atoms with Crippen molar-refractivity contribution in [2.45, 2.75) is 42.5 Å². The average Bonchev–Trinajstić information content (AvgIpc) is 3.38. The number of halogens is 1. The first kappa shape index (κ1) is 11.6. The molecule has 98 valence electrons. The fraction of sp³-hybridized carbons (Fsp3) is 0.467. The zero-order chi connectivity index (χ0) is 12.9. The molecule has 4 rings (SSSR count). The zero-order valence-electron chi connectivity index (χ0n) is 10.7. The van der Waals surface area contributed by atoms with E-state index in [9.17, 15) is 0 Å². The van der Waals surface area contributed by atoms with Crippen LogP contribution in [0.15, 0.2) is 30.3 Å². The van der Waals surface area contributed by atoms with Crippen LogP contribution >= 0.6 is 15.9 Å². The normalized spacial score (nSPS) is 20.5. The number of hydrogen-bond acceptors (Lipinski definition) is 2. The van der Waals surface area contributed by atoms with E-state index in [2.05, 4.69) is 61.0 Å². The predicted molar refractivity (Wildman–Crippen MR) is 77.4 cm³/mol. The summed E-state index contributed by atoms with van der Waals surface area (Å²) in [7, 11) is 0. The van der Waals surface area contributed by atoms with Gasteiger partial charge in [-0.25, -0.2) is 0 Å². The number of benzene rings is 1. The van der Waals surface area contributed by atoms with Crippen LogP contribution in [-0.2, 0) is 10.7 Å². The lowest BCUT2D eigenvalue weighted by Gasteiger charge is -2.17. The van der Waals surface area contributed by atoms with Crippen LogP contribution in [0.4, 0.5) is 0 Å². The Kier molecular flexibility index (Phi) is 2.56. The lowest BCUT2D eigenvalue weighted by molar-refractivity contribution is 0.615. The number of alkyl halides is 1. The van der Waals surface area contributed by atoms with E-state index in [0.29, 0.717) is 6.04 Å². The van der Waals surface area contributed by atoms with Gasteiger partial charge in [0.15, 0.2) is 0 Å². The molecule has 0 atom stereocenters. The minimum atomic E-state index is 0.136. The summed E-state index contributed by atoms with van der Waals surface area (Å²) in [5.41, 5.74) is 1.53. The van der Waals surface area contributed by atoms with E-state index in [4.69, 9.17) is 0 Å². The van der Waals surface area contributed by atoms with E-state index in [1.54, 1.807) is 0 Å². The summed E-state index contributed by atoms with van der Waals surface area (Å²) < 4.78 is 2.40. The van der Waals surface area contributed by atoms with E-state index in [0.717, 1.165) is 11.2 Å². The number of aromatic nitrogens is 3. The molecule has 2 aliphatic carbocycles. The van der Waals surface area contributed by atoms with E-state index >= 15 is 0 Å². The highest BCUT2D eigenvalue weighted by molar-refractivity contribution is 9.08. The van der Waals surface area contributed by atoms with Gasteiger partial charge in [0, 0.05) is 6.04 Å². The third-order valence-corrected chi connectivity index (χ3v) is 4.80. The summed E-state index contributed by atoms with van der Waals surface area (Å²) in [4.78, 5) is 0. The van der Waals surface area contributed by atoms with Gasteiger partial charge in [0.25, 0.3) is 0 Å². The van der Waals surface area contributed by atoms with Gasteiger partial charge in [-0.3, -0.25) is 0 Å². The van der Waals surface area contributed by atoms with Gasteiger partial charge in [-0.05, 0) is 31.2 Å². The maximum absolute atomic E-state index is 4.54. The fourth-order valence-electron chi connectivity index (χ4n) is 2.98. The highest BCUT2D eigenvalue weighted by Crippen LogP contribution is 2.54. The summed E-state index contributed by atoms with van der Waals surface area (Å²) in [6.45, 7) is 0. The van der Waals surface area contributed by atoms with Gasteiger partial charge >= 0.3 is 0 Å². The summed E-state index contributed by atoms with van der Waals surface area (Å²) >= 11 is 3.54. The molecule has 1 heterocycles. The highest BCUT2D eigenvalue weighted by Gasteiger charge is 2.51. The van der Waals surface area contributed by atoms with Crippen molar-refractivity contribution in [3.63, 3.8) is 0 Å². The topological polar surface area (TPSA) is 30.7 Å². The smallest absolute Gasteiger partial charge is 0.143 e. The van der Waals surface area contributed by atoms with Crippen LogP contribution in [0.1, 0.15) is 48.9 Å². The third-order valence-electron chi connectivity index (χ3n) is 4.30. The van der Waals surface area contributed by atoms with E-state index < -0.39 is 0 Å². The van der Waals surface area contributed by atoms with Crippen LogP contribution in [0, 0.1) is 0 Å². The molecule has 2 fully saturated rings. The Labute approximate surface area is 121 Å². The summed E-state index contributed by atoms with van der Waals surface area (Å²) in [5.74, 6) is 2.27. The Morgan fingerprint density at radius 2 is 1.89 bits per heavy atom. The molecule has 0 N–H and O–H groups in total. The second-order valence-electron chi connectivity index (χ2n) is 5.62. The molecular formula is C15H16BrN3. The van der Waals surface area contributed by atoms with Crippen molar-refractivity contribution in [1.82, 2.24) is 14.8 Å². The quantitative estimate of drug-likeness (QED) is 0.807. The minimum absolute atomic E-state index is 0.136. The second-order valence-corrected chi connectivity index (χ2v) is 6.18. The lowest BCUT2D eigenvalue weighted by Crippen LogP contribution is -2.17. The van der Waals surface area contributed by atoms with Crippen molar-refractivity contribution in [3.05, 3.63) is 47.5 Å². The maximum atomic E-state index is 4.54. The zero-order valence-corrected chi connectivity index (χ0v) is 12.3. The molecule has 2 aromatic rings. The highest BCUT2D eigenvalue weighted by atomic mass is 79.9. The van der Waals surface area contributed by atoms with E-state index in [1.807, 2.05) is 0 Å². The first-order valence-electron chi connectivity index (χ1n) is 6.91. The maximum Gasteiger partial charge on any atom is 0.143 e. The van der Waals surface area contributed by atoms with Crippen LogP contribution in [0.25, 0.3) is 0 Å². The molecule has 1 aromatic carbocycles. The molecule has 0 aliphatic heterocycles. The average molecular weight is 318 g/mol. The number of nitrogens with zero attached hydrogens (tertiary/aromatic N) is 3. The Bertz CT molecular complexity index is 597. The Morgan fingerprint density at radius 1 is 1.16 bits per heavy atom. The van der Waals surface area contributed by atoms with E-state index in [1.165, 1.54) is 37.1 Å². The molecule has 1 aromatic heterocycles. The molecule has 19 heavy (non-hydrogen) atoms. The van der Waals surface area contributed by atoms with E-state index in [-0.39, 0.29) is 5.41 Å². The van der Waals surface area contributed by atoms with Crippen molar-refractivity contribution in [3.8, 4) is 0 Å². The summed E-state index contributed by atoms with van der Waals surface area (Å²) in [5, 5.41) is 9.73. The number of rotatable bonds is 4. The number of hydrogen-bond donors (Lipinski definition) is 0. The largest absolute Gasteiger partial charge is 0.310 e. The molecule has 0 radical (unpaired) electrons. The molecule has 0 unspecified atom stereocenters. The Morgan fingerprint density at radius 3 is 2.47 bits per heavy atom. The molecule has 3 nitrogen and oxygen atoms in total. The van der Waals surface area contributed by atoms with Crippen molar-refractivity contribution in [1.29, 1.82) is 0 Å². The van der Waals surface area contributed by atoms with Gasteiger partial charge in [-0.1, -0.05) is 46.3 Å². The van der Waals surface area contributed by atoms with Gasteiger partial charge in [0.2, 0.25) is 0 Å². The summed E-state index contributed by atoms with van der Waals surface area (Å²) in [6, 6.07) is 11.4. The molecular weight excluding hydrogens is 302 g/mol. The van der Waals surface area contributed by atoms with Crippen LogP contribution in [0.5, 0.6) is 0 Å². The van der Waals surface area contributed by atoms with Crippen LogP contribution in [-0.4, -0.2) is 14.8 Å². The van der Waals surface area contributed by atoms with Crippen LogP contribution in [0.2, 0.25) is 0 Å². The first-order valence-corrected chi connectivity index (χ1v) is 8.03. The Hall–Kier alpha value is -1.16. The van der Waals surface area contributed by atoms with Crippen molar-refractivity contribution in [2.24, 2.45) is 0 Å². The van der Waals surface area contributed by atoms with Gasteiger partial charge in [0.05, 0.1) is 10.7 Å². The molecule has 2 aliphatic rings. The molecule has 0 bridgehead atoms. The second kappa shape index (κ2) is 4.17. The third kappa shape index (κ3) is 1.76. The SMILES string of the molecule is BrCc1nnc(C2(c3ccccc3)CC2)n1C1CC1. The summed E-state index contributed by atoms with van der Waals surface area (Å²) in [6.07, 6.45) is 4.94. The lowest BCUT2D eigenvalue weighted by atomic mass is 9.95. The van der Waals surface area contributed by atoms with Crippen LogP contribution < -0.4 is 0 Å². The molecule has 0 spiro atoms. The fourth-order valence-corrected chi connectivity index (χ4v) is 3.36. The van der Waals surface area contributed by atoms with Gasteiger partial charge in [-0.2, -0.15) is 0 Å². The predicted octanol–water partition coefficient (Wildman–Crippen LogP) is 3.59. The molecule has 4 heteroatoms. The van der Waals surface area contributed by atoms with Crippen LogP contribution in [0.3, 0.4) is 0 Å². The van der Waals surface area contributed by atoms with Gasteiger partial charge in [-0.15, -0.1) is 10.2 Å². The first-order chi connectivity index (χ1) is 9.35. The van der Waals surface area contributed by atoms with Crippen molar-refractivity contribution in [2.75, 3.05) is 0 Å². The molecule has 2 saturated carbocycles.